The fourth-order valence-electron chi connectivity index (χ4n) is 2.08. The normalized spacial score (nSPS) is 10.3. The number of hydrogen-bond acceptors (Lipinski definition) is 1. The molecule has 0 bridgehead atoms. The summed E-state index contributed by atoms with van der Waals surface area (Å²) in [7, 11) is 0. The first-order valence-corrected chi connectivity index (χ1v) is 6.50. The van der Waals surface area contributed by atoms with Crippen molar-refractivity contribution in [3.63, 3.8) is 0 Å². The molecule has 1 nitrogen and oxygen atoms in total. The third kappa shape index (κ3) is 2.87. The van der Waals surface area contributed by atoms with E-state index >= 15 is 0 Å². The maximum Gasteiger partial charge on any atom is 0.130 e. The average Bonchev–Trinajstić information content (AvgIpc) is 2.37. The van der Waals surface area contributed by atoms with Gasteiger partial charge in [-0.25, -0.2) is 0 Å². The van der Waals surface area contributed by atoms with E-state index in [2.05, 4.69) is 64.6 Å². The summed E-state index contributed by atoms with van der Waals surface area (Å²) in [6.45, 7) is 12.1. The lowest BCUT2D eigenvalue weighted by atomic mass is 10.0. The number of hydrogen-bond donors (Lipinski definition) is 0. The molecular formula is C18H20O. The maximum atomic E-state index is 6.07. The largest absolute Gasteiger partial charge is 0.457 e. The lowest BCUT2D eigenvalue weighted by molar-refractivity contribution is 0.474. The van der Waals surface area contributed by atoms with E-state index in [1.54, 1.807) is 0 Å². The van der Waals surface area contributed by atoms with Gasteiger partial charge in [0, 0.05) is 0 Å². The number of benzene rings is 2. The highest BCUT2D eigenvalue weighted by molar-refractivity contribution is 5.57. The second kappa shape index (κ2) is 5.31. The molecular weight excluding hydrogens is 232 g/mol. The standard InChI is InChI=1S/C18H20O/c1-6-16-10-15(5)18(11-14(16)4)19-17-9-12(2)7-8-13(17)3/h6-11H,1H2,2-5H3. The van der Waals surface area contributed by atoms with Crippen molar-refractivity contribution in [3.05, 3.63) is 64.7 Å². The van der Waals surface area contributed by atoms with E-state index in [9.17, 15) is 0 Å². The summed E-state index contributed by atoms with van der Waals surface area (Å²) in [4.78, 5) is 0. The van der Waals surface area contributed by atoms with Crippen molar-refractivity contribution in [2.75, 3.05) is 0 Å². The Kier molecular flexibility index (Phi) is 3.75. The highest BCUT2D eigenvalue weighted by Crippen LogP contribution is 2.30. The summed E-state index contributed by atoms with van der Waals surface area (Å²) in [5, 5.41) is 0. The Morgan fingerprint density at radius 1 is 0.842 bits per heavy atom. The van der Waals surface area contributed by atoms with Crippen LogP contribution in [0.3, 0.4) is 0 Å². The van der Waals surface area contributed by atoms with E-state index in [1.807, 2.05) is 6.08 Å². The van der Waals surface area contributed by atoms with Gasteiger partial charge in [0.1, 0.15) is 11.5 Å². The van der Waals surface area contributed by atoms with Crippen molar-refractivity contribution in [2.24, 2.45) is 0 Å². The van der Waals surface area contributed by atoms with Crippen LogP contribution in [0.25, 0.3) is 6.08 Å². The third-order valence-corrected chi connectivity index (χ3v) is 3.35. The first-order valence-electron chi connectivity index (χ1n) is 6.50. The van der Waals surface area contributed by atoms with Crippen LogP contribution in [-0.2, 0) is 0 Å². The first-order chi connectivity index (χ1) is 9.01. The molecule has 0 unspecified atom stereocenters. The van der Waals surface area contributed by atoms with Crippen molar-refractivity contribution in [2.45, 2.75) is 27.7 Å². The van der Waals surface area contributed by atoms with Gasteiger partial charge in [-0.3, -0.25) is 0 Å². The van der Waals surface area contributed by atoms with Crippen molar-refractivity contribution in [1.82, 2.24) is 0 Å². The van der Waals surface area contributed by atoms with Crippen LogP contribution in [0.5, 0.6) is 11.5 Å². The van der Waals surface area contributed by atoms with Gasteiger partial charge in [-0.2, -0.15) is 0 Å². The Balaban J connectivity index is 2.41. The minimum atomic E-state index is 0.914. The fourth-order valence-corrected chi connectivity index (χ4v) is 2.08. The van der Waals surface area contributed by atoms with Crippen LogP contribution < -0.4 is 4.74 Å². The van der Waals surface area contributed by atoms with Crippen LogP contribution in [0.4, 0.5) is 0 Å². The van der Waals surface area contributed by atoms with Crippen molar-refractivity contribution >= 4 is 6.08 Å². The van der Waals surface area contributed by atoms with Gasteiger partial charge in [0.05, 0.1) is 0 Å². The fraction of sp³-hybridized carbons (Fsp3) is 0.222. The minimum Gasteiger partial charge on any atom is -0.457 e. The summed E-state index contributed by atoms with van der Waals surface area (Å²) >= 11 is 0. The van der Waals surface area contributed by atoms with Crippen LogP contribution in [0, 0.1) is 27.7 Å². The first kappa shape index (κ1) is 13.4. The Morgan fingerprint density at radius 2 is 1.53 bits per heavy atom. The second-order valence-corrected chi connectivity index (χ2v) is 5.05. The monoisotopic (exact) mass is 252 g/mol. The molecule has 0 amide bonds. The van der Waals surface area contributed by atoms with E-state index < -0.39 is 0 Å². The van der Waals surface area contributed by atoms with Crippen molar-refractivity contribution < 1.29 is 4.74 Å². The van der Waals surface area contributed by atoms with E-state index in [0.29, 0.717) is 0 Å². The molecule has 0 fully saturated rings. The molecule has 0 aromatic heterocycles. The van der Waals surface area contributed by atoms with Gasteiger partial charge < -0.3 is 4.74 Å². The topological polar surface area (TPSA) is 9.23 Å². The predicted molar refractivity (Wildman–Crippen MR) is 82.0 cm³/mol. The molecule has 0 atom stereocenters. The molecule has 0 radical (unpaired) electrons. The molecule has 0 saturated carbocycles. The van der Waals surface area contributed by atoms with Gasteiger partial charge in [-0.15, -0.1) is 0 Å². The number of ether oxygens (including phenoxy) is 1. The smallest absolute Gasteiger partial charge is 0.130 e. The molecule has 2 aromatic rings. The van der Waals surface area contributed by atoms with Crippen LogP contribution in [-0.4, -0.2) is 0 Å². The Morgan fingerprint density at radius 3 is 2.21 bits per heavy atom. The van der Waals surface area contributed by atoms with Gasteiger partial charge in [0.25, 0.3) is 0 Å². The van der Waals surface area contributed by atoms with Crippen LogP contribution in [0.2, 0.25) is 0 Å². The molecule has 2 rings (SSSR count). The minimum absolute atomic E-state index is 0.914. The summed E-state index contributed by atoms with van der Waals surface area (Å²) in [5.41, 5.74) is 5.82. The zero-order chi connectivity index (χ0) is 14.0. The van der Waals surface area contributed by atoms with Gasteiger partial charge in [0.15, 0.2) is 0 Å². The Bertz CT molecular complexity index is 624. The molecule has 0 aliphatic heterocycles. The Labute approximate surface area is 115 Å². The van der Waals surface area contributed by atoms with Crippen molar-refractivity contribution in [1.29, 1.82) is 0 Å². The zero-order valence-corrected chi connectivity index (χ0v) is 12.1. The molecule has 2 aromatic carbocycles. The molecule has 0 aliphatic rings. The molecule has 0 saturated heterocycles. The molecule has 0 N–H and O–H groups in total. The predicted octanol–water partition coefficient (Wildman–Crippen LogP) is 5.36. The summed E-state index contributed by atoms with van der Waals surface area (Å²) in [5.74, 6) is 1.84. The van der Waals surface area contributed by atoms with E-state index in [4.69, 9.17) is 4.74 Å². The van der Waals surface area contributed by atoms with Gasteiger partial charge in [0.2, 0.25) is 0 Å². The highest BCUT2D eigenvalue weighted by Gasteiger charge is 2.07. The average molecular weight is 252 g/mol. The van der Waals surface area contributed by atoms with Crippen molar-refractivity contribution in [3.8, 4) is 11.5 Å². The highest BCUT2D eigenvalue weighted by atomic mass is 16.5. The maximum absolute atomic E-state index is 6.07. The molecule has 0 heterocycles. The summed E-state index contributed by atoms with van der Waals surface area (Å²) in [6, 6.07) is 10.5. The number of aryl methyl sites for hydroxylation is 4. The SMILES string of the molecule is C=Cc1cc(C)c(Oc2cc(C)ccc2C)cc1C. The van der Waals surface area contributed by atoms with Gasteiger partial charge in [-0.1, -0.05) is 24.8 Å². The summed E-state index contributed by atoms with van der Waals surface area (Å²) in [6.07, 6.45) is 1.88. The molecule has 0 spiro atoms. The van der Waals surface area contributed by atoms with Crippen LogP contribution in [0.15, 0.2) is 36.9 Å². The lowest BCUT2D eigenvalue weighted by Gasteiger charge is -2.14. The van der Waals surface area contributed by atoms with E-state index in [1.165, 1.54) is 11.1 Å². The van der Waals surface area contributed by atoms with E-state index in [0.717, 1.165) is 28.2 Å². The molecule has 1 heteroatoms. The molecule has 98 valence electrons. The van der Waals surface area contributed by atoms with E-state index in [-0.39, 0.29) is 0 Å². The lowest BCUT2D eigenvalue weighted by Crippen LogP contribution is -1.93. The molecule has 19 heavy (non-hydrogen) atoms. The van der Waals surface area contributed by atoms with Gasteiger partial charge in [-0.05, 0) is 73.7 Å². The summed E-state index contributed by atoms with van der Waals surface area (Å²) < 4.78 is 6.07. The second-order valence-electron chi connectivity index (χ2n) is 5.05. The van der Waals surface area contributed by atoms with Crippen LogP contribution >= 0.6 is 0 Å². The molecule has 0 aliphatic carbocycles. The quantitative estimate of drug-likeness (QED) is 0.715. The number of rotatable bonds is 3. The Hall–Kier alpha value is -2.02. The zero-order valence-electron chi connectivity index (χ0n) is 12.1. The van der Waals surface area contributed by atoms with Crippen LogP contribution in [0.1, 0.15) is 27.8 Å². The third-order valence-electron chi connectivity index (χ3n) is 3.35. The van der Waals surface area contributed by atoms with Gasteiger partial charge >= 0.3 is 0 Å².